The third-order valence-corrected chi connectivity index (χ3v) is 4.02. The van der Waals surface area contributed by atoms with E-state index in [9.17, 15) is 19.5 Å². The summed E-state index contributed by atoms with van der Waals surface area (Å²) in [6, 6.07) is 8.19. The standard InChI is InChI=1S/C18H24N2O6/c21-14(9-16(22)20-15(17(23)24)8-12-6-7-12)10-19-18(25)26-11-13-4-2-1-3-5-13/h1-5,12,14-15,21H,6-11H2,(H,19,25)(H,20,22)(H,23,24)/t14-,15+/m1/s1. The molecule has 8 nitrogen and oxygen atoms in total. The Hall–Kier alpha value is -2.61. The highest BCUT2D eigenvalue weighted by molar-refractivity contribution is 5.83. The Balaban J connectivity index is 1.63. The van der Waals surface area contributed by atoms with Crippen LogP contribution in [-0.4, -0.2) is 46.9 Å². The van der Waals surface area contributed by atoms with Gasteiger partial charge in [-0.15, -0.1) is 0 Å². The van der Waals surface area contributed by atoms with E-state index in [-0.39, 0.29) is 19.6 Å². The van der Waals surface area contributed by atoms with Crippen LogP contribution in [0.25, 0.3) is 0 Å². The molecular formula is C18H24N2O6. The number of carbonyl (C=O) groups excluding carboxylic acids is 2. The summed E-state index contributed by atoms with van der Waals surface area (Å²) in [7, 11) is 0. The minimum absolute atomic E-state index is 0.102. The van der Waals surface area contributed by atoms with E-state index < -0.39 is 30.1 Å². The van der Waals surface area contributed by atoms with Crippen LogP contribution in [0.2, 0.25) is 0 Å². The van der Waals surface area contributed by atoms with E-state index in [1.54, 1.807) is 0 Å². The predicted octanol–water partition coefficient (Wildman–Crippen LogP) is 1.03. The number of amides is 2. The topological polar surface area (TPSA) is 125 Å². The van der Waals surface area contributed by atoms with Crippen molar-refractivity contribution < 1.29 is 29.3 Å². The zero-order chi connectivity index (χ0) is 18.9. The largest absolute Gasteiger partial charge is 0.480 e. The Bertz CT molecular complexity index is 617. The molecule has 1 aromatic carbocycles. The lowest BCUT2D eigenvalue weighted by Gasteiger charge is -2.16. The molecule has 2 amide bonds. The lowest BCUT2D eigenvalue weighted by Crippen LogP contribution is -2.43. The van der Waals surface area contributed by atoms with Crippen molar-refractivity contribution in [3.8, 4) is 0 Å². The minimum Gasteiger partial charge on any atom is -0.480 e. The number of carboxylic acids is 1. The van der Waals surface area contributed by atoms with Gasteiger partial charge < -0.3 is 25.6 Å². The molecule has 0 aromatic heterocycles. The van der Waals surface area contributed by atoms with Crippen LogP contribution < -0.4 is 10.6 Å². The van der Waals surface area contributed by atoms with Crippen LogP contribution in [0.4, 0.5) is 4.79 Å². The minimum atomic E-state index is -1.13. The van der Waals surface area contributed by atoms with Crippen molar-refractivity contribution in [1.82, 2.24) is 10.6 Å². The highest BCUT2D eigenvalue weighted by Gasteiger charge is 2.30. The van der Waals surface area contributed by atoms with E-state index in [1.807, 2.05) is 30.3 Å². The summed E-state index contributed by atoms with van der Waals surface area (Å²) < 4.78 is 4.99. The Morgan fingerprint density at radius 1 is 1.19 bits per heavy atom. The zero-order valence-corrected chi connectivity index (χ0v) is 14.4. The molecule has 26 heavy (non-hydrogen) atoms. The van der Waals surface area contributed by atoms with E-state index in [0.717, 1.165) is 18.4 Å². The van der Waals surface area contributed by atoms with Crippen LogP contribution >= 0.6 is 0 Å². The Morgan fingerprint density at radius 3 is 2.50 bits per heavy atom. The number of carbonyl (C=O) groups is 3. The molecule has 1 aliphatic rings. The van der Waals surface area contributed by atoms with E-state index in [0.29, 0.717) is 12.3 Å². The molecule has 0 radical (unpaired) electrons. The Morgan fingerprint density at radius 2 is 1.88 bits per heavy atom. The van der Waals surface area contributed by atoms with E-state index in [1.165, 1.54) is 0 Å². The molecule has 0 saturated heterocycles. The van der Waals surface area contributed by atoms with Gasteiger partial charge >= 0.3 is 12.1 Å². The molecule has 1 aliphatic carbocycles. The van der Waals surface area contributed by atoms with Crippen LogP contribution in [-0.2, 0) is 20.9 Å². The van der Waals surface area contributed by atoms with Gasteiger partial charge in [0.05, 0.1) is 12.5 Å². The number of rotatable bonds is 10. The summed E-state index contributed by atoms with van der Waals surface area (Å²) in [5.74, 6) is -1.30. The summed E-state index contributed by atoms with van der Waals surface area (Å²) in [4.78, 5) is 34.6. The summed E-state index contributed by atoms with van der Waals surface area (Å²) in [5.41, 5.74) is 0.831. The number of alkyl carbamates (subject to hydrolysis) is 1. The number of carboxylic acid groups (broad SMARTS) is 1. The third kappa shape index (κ3) is 7.52. The van der Waals surface area contributed by atoms with Crippen LogP contribution in [0.3, 0.4) is 0 Å². The molecule has 8 heteroatoms. The maximum atomic E-state index is 11.8. The molecule has 0 bridgehead atoms. The predicted molar refractivity (Wildman–Crippen MR) is 92.2 cm³/mol. The fourth-order valence-corrected chi connectivity index (χ4v) is 2.42. The monoisotopic (exact) mass is 364 g/mol. The fraction of sp³-hybridized carbons (Fsp3) is 0.500. The average molecular weight is 364 g/mol. The van der Waals surface area contributed by atoms with Crippen molar-refractivity contribution in [2.45, 2.75) is 44.4 Å². The fourth-order valence-electron chi connectivity index (χ4n) is 2.42. The molecule has 142 valence electrons. The molecule has 0 aliphatic heterocycles. The van der Waals surface area contributed by atoms with Crippen LogP contribution in [0, 0.1) is 5.92 Å². The van der Waals surface area contributed by atoms with Gasteiger partial charge in [-0.25, -0.2) is 9.59 Å². The first-order valence-corrected chi connectivity index (χ1v) is 8.59. The maximum absolute atomic E-state index is 11.8. The summed E-state index contributed by atoms with van der Waals surface area (Å²) in [6.45, 7) is -0.0634. The SMILES string of the molecule is O=C(C[C@@H](O)CNC(=O)OCc1ccccc1)N[C@@H](CC1CC1)C(=O)O. The number of hydrogen-bond acceptors (Lipinski definition) is 5. The van der Waals surface area contributed by atoms with Gasteiger partial charge in [0.2, 0.25) is 5.91 Å². The highest BCUT2D eigenvalue weighted by atomic mass is 16.5. The second-order valence-electron chi connectivity index (χ2n) is 6.44. The van der Waals surface area contributed by atoms with Gasteiger partial charge in [0, 0.05) is 6.54 Å². The maximum Gasteiger partial charge on any atom is 0.407 e. The number of aliphatic carboxylic acids is 1. The summed E-state index contributed by atoms with van der Waals surface area (Å²) in [5, 5.41) is 23.7. The molecule has 1 saturated carbocycles. The molecular weight excluding hydrogens is 340 g/mol. The first-order chi connectivity index (χ1) is 12.4. The lowest BCUT2D eigenvalue weighted by atomic mass is 10.1. The number of nitrogens with one attached hydrogen (secondary N) is 2. The van der Waals surface area contributed by atoms with Gasteiger partial charge in [0.25, 0.3) is 0 Å². The number of aliphatic hydroxyl groups excluding tert-OH is 1. The van der Waals surface area contributed by atoms with Crippen molar-refractivity contribution in [2.75, 3.05) is 6.54 Å². The van der Waals surface area contributed by atoms with Crippen LogP contribution in [0.1, 0.15) is 31.2 Å². The molecule has 0 heterocycles. The van der Waals surface area contributed by atoms with E-state index >= 15 is 0 Å². The van der Waals surface area contributed by atoms with Gasteiger partial charge in [-0.05, 0) is 17.9 Å². The Labute approximate surface area is 151 Å². The lowest BCUT2D eigenvalue weighted by molar-refractivity contribution is -0.142. The first-order valence-electron chi connectivity index (χ1n) is 8.59. The molecule has 2 rings (SSSR count). The number of benzene rings is 1. The summed E-state index contributed by atoms with van der Waals surface area (Å²) >= 11 is 0. The molecule has 4 N–H and O–H groups in total. The molecule has 1 fully saturated rings. The molecule has 0 spiro atoms. The first kappa shape index (κ1) is 19.7. The van der Waals surface area contributed by atoms with Crippen molar-refractivity contribution >= 4 is 18.0 Å². The number of ether oxygens (including phenoxy) is 1. The van der Waals surface area contributed by atoms with Gasteiger partial charge in [-0.2, -0.15) is 0 Å². The quantitative estimate of drug-likeness (QED) is 0.491. The van der Waals surface area contributed by atoms with Gasteiger partial charge in [0.1, 0.15) is 12.6 Å². The van der Waals surface area contributed by atoms with Crippen LogP contribution in [0.5, 0.6) is 0 Å². The van der Waals surface area contributed by atoms with Crippen molar-refractivity contribution in [3.63, 3.8) is 0 Å². The second kappa shape index (κ2) is 9.76. The van der Waals surface area contributed by atoms with Crippen LogP contribution in [0.15, 0.2) is 30.3 Å². The zero-order valence-electron chi connectivity index (χ0n) is 14.4. The number of hydrogen-bond donors (Lipinski definition) is 4. The van der Waals surface area contributed by atoms with Crippen molar-refractivity contribution in [3.05, 3.63) is 35.9 Å². The summed E-state index contributed by atoms with van der Waals surface area (Å²) in [6.07, 6.45) is 0.239. The molecule has 0 unspecified atom stereocenters. The molecule has 1 aromatic rings. The second-order valence-corrected chi connectivity index (χ2v) is 6.44. The van der Waals surface area contributed by atoms with Gasteiger partial charge in [-0.3, -0.25) is 4.79 Å². The van der Waals surface area contributed by atoms with Crippen molar-refractivity contribution in [1.29, 1.82) is 0 Å². The van der Waals surface area contributed by atoms with Gasteiger partial charge in [-0.1, -0.05) is 43.2 Å². The smallest absolute Gasteiger partial charge is 0.407 e. The molecule has 2 atom stereocenters. The number of aliphatic hydroxyl groups is 1. The van der Waals surface area contributed by atoms with Crippen molar-refractivity contribution in [2.24, 2.45) is 5.92 Å². The Kier molecular flexibility index (Phi) is 7.40. The average Bonchev–Trinajstić information content (AvgIpc) is 3.42. The van der Waals surface area contributed by atoms with E-state index in [4.69, 9.17) is 9.84 Å². The highest BCUT2D eigenvalue weighted by Crippen LogP contribution is 2.33. The van der Waals surface area contributed by atoms with Gasteiger partial charge in [0.15, 0.2) is 0 Å². The third-order valence-electron chi connectivity index (χ3n) is 4.02. The normalized spacial score (nSPS) is 15.6. The van der Waals surface area contributed by atoms with E-state index in [2.05, 4.69) is 10.6 Å².